The van der Waals surface area contributed by atoms with Crippen LogP contribution in [0.2, 0.25) is 0 Å². The van der Waals surface area contributed by atoms with Crippen LogP contribution in [-0.2, 0) is 25.1 Å². The van der Waals surface area contributed by atoms with Crippen molar-refractivity contribution in [3.8, 4) is 11.4 Å². The number of anilines is 1. The summed E-state index contributed by atoms with van der Waals surface area (Å²) < 4.78 is 35.7. The Morgan fingerprint density at radius 1 is 1.25 bits per heavy atom. The zero-order valence-electron chi connectivity index (χ0n) is 17.7. The Bertz CT molecular complexity index is 1260. The summed E-state index contributed by atoms with van der Waals surface area (Å²) in [5, 5.41) is 14.1. The Morgan fingerprint density at radius 3 is 2.78 bits per heavy atom. The van der Waals surface area contributed by atoms with Gasteiger partial charge in [0.1, 0.15) is 11.6 Å². The molecule has 4 rings (SSSR count). The number of benzene rings is 1. The highest BCUT2D eigenvalue weighted by atomic mass is 32.2. The molecule has 10 nitrogen and oxygen atoms in total. The number of ether oxygens (including phenoxy) is 2. The molecule has 11 heteroatoms. The van der Waals surface area contributed by atoms with Gasteiger partial charge >= 0.3 is 5.90 Å². The number of sulfone groups is 1. The Balaban J connectivity index is 1.68. The topological polar surface area (TPSA) is 147 Å². The molecule has 1 aliphatic rings. The van der Waals surface area contributed by atoms with Crippen LogP contribution >= 0.6 is 0 Å². The van der Waals surface area contributed by atoms with Gasteiger partial charge in [0.15, 0.2) is 15.7 Å². The standard InChI is InChI=1S/C21H24N6O4S/c1-14(22)31-19(23)13-32(28,29)12-17-11-20(27-6-8-30-9-7-27)26-21(25-17)16-2-3-18-15(10-16)4-5-24-18/h2-5,10-11,22-24H,6-9,12-13H2,1H3/p+1. The van der Waals surface area contributed by atoms with Crippen LogP contribution in [0.1, 0.15) is 12.6 Å². The van der Waals surface area contributed by atoms with Gasteiger partial charge < -0.3 is 19.4 Å². The SMILES string of the molecule is CC(=[NH2+])OC(=N)CS(=O)(=O)Cc1cc(N2CCOCC2)nc(-c2ccc3[nH]ccc3c2)n1. The van der Waals surface area contributed by atoms with Gasteiger partial charge in [0.05, 0.1) is 31.6 Å². The van der Waals surface area contributed by atoms with Gasteiger partial charge in [-0.05, 0) is 24.3 Å². The first-order valence-corrected chi connectivity index (χ1v) is 11.9. The van der Waals surface area contributed by atoms with Crippen LogP contribution in [0.15, 0.2) is 36.5 Å². The molecule has 0 bridgehead atoms. The van der Waals surface area contributed by atoms with Crippen molar-refractivity contribution in [2.24, 2.45) is 0 Å². The first-order valence-electron chi connectivity index (χ1n) is 10.1. The predicted molar refractivity (Wildman–Crippen MR) is 121 cm³/mol. The van der Waals surface area contributed by atoms with E-state index >= 15 is 0 Å². The molecule has 3 heterocycles. The monoisotopic (exact) mass is 457 g/mol. The molecular formula is C21H25N6O4S+. The first-order chi connectivity index (χ1) is 15.3. The highest BCUT2D eigenvalue weighted by Gasteiger charge is 2.22. The third kappa shape index (κ3) is 5.29. The van der Waals surface area contributed by atoms with Gasteiger partial charge in [-0.3, -0.25) is 5.41 Å². The van der Waals surface area contributed by atoms with Crippen molar-refractivity contribution in [1.82, 2.24) is 15.0 Å². The average Bonchev–Trinajstić information content (AvgIpc) is 3.20. The van der Waals surface area contributed by atoms with E-state index in [0.717, 1.165) is 16.5 Å². The van der Waals surface area contributed by atoms with Crippen LogP contribution in [0.3, 0.4) is 0 Å². The Labute approximate surface area is 185 Å². The normalized spacial score (nSPS) is 14.5. The molecule has 1 saturated heterocycles. The summed E-state index contributed by atoms with van der Waals surface area (Å²) in [7, 11) is -3.71. The Morgan fingerprint density at radius 2 is 2.03 bits per heavy atom. The number of nitrogens with zero attached hydrogens (tertiary/aromatic N) is 3. The summed E-state index contributed by atoms with van der Waals surface area (Å²) >= 11 is 0. The maximum absolute atomic E-state index is 12.7. The molecule has 0 amide bonds. The van der Waals surface area contributed by atoms with E-state index in [1.54, 1.807) is 6.07 Å². The second-order valence-electron chi connectivity index (χ2n) is 7.59. The minimum atomic E-state index is -3.71. The van der Waals surface area contributed by atoms with E-state index in [2.05, 4.69) is 14.9 Å². The summed E-state index contributed by atoms with van der Waals surface area (Å²) in [5.41, 5.74) is 2.13. The van der Waals surface area contributed by atoms with Gasteiger partial charge in [-0.25, -0.2) is 23.8 Å². The molecular weight excluding hydrogens is 432 g/mol. The molecule has 0 unspecified atom stereocenters. The van der Waals surface area contributed by atoms with Crippen LogP contribution in [-0.4, -0.2) is 67.2 Å². The summed E-state index contributed by atoms with van der Waals surface area (Å²) in [6.45, 7) is 3.92. The fourth-order valence-electron chi connectivity index (χ4n) is 3.53. The lowest BCUT2D eigenvalue weighted by Crippen LogP contribution is -2.41. The molecule has 1 aromatic carbocycles. The number of morpholine rings is 1. The maximum Gasteiger partial charge on any atom is 0.336 e. The van der Waals surface area contributed by atoms with E-state index in [0.29, 0.717) is 43.6 Å². The average molecular weight is 458 g/mol. The molecule has 0 spiro atoms. The van der Waals surface area contributed by atoms with Gasteiger partial charge in [0, 0.05) is 41.8 Å². The lowest BCUT2D eigenvalue weighted by molar-refractivity contribution is -0.133. The molecule has 32 heavy (non-hydrogen) atoms. The number of hydrogen-bond donors (Lipinski definition) is 3. The van der Waals surface area contributed by atoms with Crippen molar-refractivity contribution >= 4 is 38.4 Å². The minimum absolute atomic E-state index is 0.0178. The van der Waals surface area contributed by atoms with Crippen LogP contribution in [0, 0.1) is 5.41 Å². The Hall–Kier alpha value is -3.31. The summed E-state index contributed by atoms with van der Waals surface area (Å²) in [6, 6.07) is 9.45. The predicted octanol–water partition coefficient (Wildman–Crippen LogP) is 0.548. The van der Waals surface area contributed by atoms with Crippen molar-refractivity contribution in [1.29, 1.82) is 5.41 Å². The van der Waals surface area contributed by atoms with E-state index in [1.165, 1.54) is 6.92 Å². The molecule has 0 aliphatic carbocycles. The molecule has 0 radical (unpaired) electrons. The molecule has 4 N–H and O–H groups in total. The number of nitrogens with one attached hydrogen (secondary N) is 2. The first kappa shape index (κ1) is 21.9. The van der Waals surface area contributed by atoms with Gasteiger partial charge in [-0.1, -0.05) is 0 Å². The molecule has 1 fully saturated rings. The second-order valence-corrected chi connectivity index (χ2v) is 9.65. The highest BCUT2D eigenvalue weighted by Crippen LogP contribution is 2.25. The highest BCUT2D eigenvalue weighted by molar-refractivity contribution is 7.91. The van der Waals surface area contributed by atoms with Crippen molar-refractivity contribution in [3.05, 3.63) is 42.2 Å². The van der Waals surface area contributed by atoms with Crippen molar-refractivity contribution in [2.45, 2.75) is 12.7 Å². The quantitative estimate of drug-likeness (QED) is 0.362. The van der Waals surface area contributed by atoms with E-state index < -0.39 is 21.5 Å². The second kappa shape index (κ2) is 9.05. The summed E-state index contributed by atoms with van der Waals surface area (Å²) in [5.74, 6) is -0.227. The van der Waals surface area contributed by atoms with Gasteiger partial charge in [0.25, 0.3) is 0 Å². The molecule has 3 aromatic rings. The van der Waals surface area contributed by atoms with Crippen molar-refractivity contribution in [2.75, 3.05) is 37.0 Å². The lowest BCUT2D eigenvalue weighted by Gasteiger charge is -2.28. The molecule has 2 aromatic heterocycles. The fourth-order valence-corrected chi connectivity index (χ4v) is 4.69. The fraction of sp³-hybridized carbons (Fsp3) is 0.333. The number of aromatic nitrogens is 3. The zero-order chi connectivity index (χ0) is 22.7. The molecule has 1 aliphatic heterocycles. The van der Waals surface area contributed by atoms with Gasteiger partial charge in [-0.2, -0.15) is 0 Å². The lowest BCUT2D eigenvalue weighted by atomic mass is 10.1. The number of fused-ring (bicyclic) bond motifs is 1. The van der Waals surface area contributed by atoms with Crippen LogP contribution in [0.5, 0.6) is 0 Å². The number of rotatable bonds is 6. The van der Waals surface area contributed by atoms with Crippen LogP contribution < -0.4 is 10.3 Å². The van der Waals surface area contributed by atoms with Crippen molar-refractivity contribution < 1.29 is 23.3 Å². The smallest absolute Gasteiger partial charge is 0.336 e. The van der Waals surface area contributed by atoms with E-state index in [4.69, 9.17) is 25.3 Å². The third-order valence-electron chi connectivity index (χ3n) is 4.92. The third-order valence-corrected chi connectivity index (χ3v) is 6.35. The summed E-state index contributed by atoms with van der Waals surface area (Å²) in [6.07, 6.45) is 1.86. The number of hydrogen-bond acceptors (Lipinski definition) is 8. The minimum Gasteiger partial charge on any atom is -0.394 e. The summed E-state index contributed by atoms with van der Waals surface area (Å²) in [4.78, 5) is 14.5. The largest absolute Gasteiger partial charge is 0.394 e. The van der Waals surface area contributed by atoms with Gasteiger partial charge in [-0.15, -0.1) is 0 Å². The molecule has 168 valence electrons. The number of nitrogens with two attached hydrogens (primary N) is 1. The van der Waals surface area contributed by atoms with E-state index in [1.807, 2.05) is 30.5 Å². The van der Waals surface area contributed by atoms with Crippen LogP contribution in [0.25, 0.3) is 22.3 Å². The number of aromatic amines is 1. The molecule has 0 saturated carbocycles. The maximum atomic E-state index is 12.7. The van der Waals surface area contributed by atoms with E-state index in [-0.39, 0.29) is 11.7 Å². The van der Waals surface area contributed by atoms with Crippen molar-refractivity contribution in [3.63, 3.8) is 0 Å². The zero-order valence-corrected chi connectivity index (χ0v) is 18.5. The van der Waals surface area contributed by atoms with E-state index in [9.17, 15) is 8.42 Å². The Kier molecular flexibility index (Phi) is 6.19. The number of H-pyrrole nitrogens is 1. The van der Waals surface area contributed by atoms with Crippen LogP contribution in [0.4, 0.5) is 5.82 Å². The molecule has 0 atom stereocenters. The van der Waals surface area contributed by atoms with Gasteiger partial charge in [0.2, 0.25) is 5.90 Å².